The van der Waals surface area contributed by atoms with Crippen LogP contribution in [0.4, 0.5) is 8.78 Å². The molecule has 56 valence electrons. The molecule has 5 heteroatoms. The molecule has 0 saturated carbocycles. The van der Waals surface area contributed by atoms with E-state index in [1.807, 2.05) is 0 Å². The lowest BCUT2D eigenvalue weighted by atomic mass is 10.7. The van der Waals surface area contributed by atoms with Gasteiger partial charge >= 0.3 is 6.55 Å². The average Bonchev–Trinajstić information content (AvgIpc) is 2.33. The quantitative estimate of drug-likeness (QED) is 0.615. The summed E-state index contributed by atoms with van der Waals surface area (Å²) in [5, 5.41) is 0. The summed E-state index contributed by atoms with van der Waals surface area (Å²) in [6.45, 7) is -2.55. The average molecular weight is 167 g/mol. The Bertz CT molecular complexity index is 211. The number of alkyl halides is 3. The van der Waals surface area contributed by atoms with Crippen molar-refractivity contribution in [2.24, 2.45) is 0 Å². The summed E-state index contributed by atoms with van der Waals surface area (Å²) in [6.07, 6.45) is 2.49. The minimum atomic E-state index is -2.55. The Kier molecular flexibility index (Phi) is 2.21. The third-order valence-corrected chi connectivity index (χ3v) is 1.32. The van der Waals surface area contributed by atoms with E-state index in [0.29, 0.717) is 0 Å². The van der Waals surface area contributed by atoms with Crippen LogP contribution in [0, 0.1) is 0 Å². The van der Waals surface area contributed by atoms with Gasteiger partial charge in [-0.2, -0.15) is 8.78 Å². The maximum Gasteiger partial charge on any atom is 0.319 e. The second kappa shape index (κ2) is 2.96. The fraction of sp³-hybridized carbons (Fsp3) is 0.400. The van der Waals surface area contributed by atoms with E-state index in [1.54, 1.807) is 0 Å². The van der Waals surface area contributed by atoms with Crippen LogP contribution in [0.25, 0.3) is 0 Å². The summed E-state index contributed by atoms with van der Waals surface area (Å²) in [7, 11) is 0. The molecule has 1 aromatic heterocycles. The van der Waals surface area contributed by atoms with Crippen LogP contribution in [0.1, 0.15) is 12.4 Å². The highest BCUT2D eigenvalue weighted by Gasteiger charge is 2.08. The normalized spacial score (nSPS) is 10.8. The molecule has 0 N–H and O–H groups in total. The molecule has 1 rings (SSSR count). The van der Waals surface area contributed by atoms with Gasteiger partial charge in [-0.05, 0) is 0 Å². The molecule has 1 aromatic rings. The van der Waals surface area contributed by atoms with Gasteiger partial charge in [-0.15, -0.1) is 11.6 Å². The zero-order valence-corrected chi connectivity index (χ0v) is 5.72. The van der Waals surface area contributed by atoms with Crippen molar-refractivity contribution in [1.82, 2.24) is 9.55 Å². The summed E-state index contributed by atoms with van der Waals surface area (Å²) >= 11 is 5.30. The van der Waals surface area contributed by atoms with Crippen LogP contribution in [0.3, 0.4) is 0 Å². The highest BCUT2D eigenvalue weighted by atomic mass is 35.5. The van der Waals surface area contributed by atoms with E-state index in [4.69, 9.17) is 11.6 Å². The van der Waals surface area contributed by atoms with Gasteiger partial charge in [0.1, 0.15) is 5.82 Å². The number of hydrogen-bond acceptors (Lipinski definition) is 1. The second-order valence-electron chi connectivity index (χ2n) is 1.66. The third-order valence-electron chi connectivity index (χ3n) is 1.08. The summed E-state index contributed by atoms with van der Waals surface area (Å²) in [4.78, 5) is 3.61. The van der Waals surface area contributed by atoms with Gasteiger partial charge in [0.2, 0.25) is 0 Å². The van der Waals surface area contributed by atoms with Crippen LogP contribution < -0.4 is 0 Å². The van der Waals surface area contributed by atoms with Crippen molar-refractivity contribution < 1.29 is 8.78 Å². The van der Waals surface area contributed by atoms with E-state index in [2.05, 4.69) is 4.98 Å². The van der Waals surface area contributed by atoms with E-state index in [9.17, 15) is 8.78 Å². The largest absolute Gasteiger partial charge is 0.319 e. The zero-order chi connectivity index (χ0) is 7.56. The van der Waals surface area contributed by atoms with Gasteiger partial charge in [-0.25, -0.2) is 4.98 Å². The first-order valence-electron chi connectivity index (χ1n) is 2.61. The maximum absolute atomic E-state index is 11.9. The molecule has 0 fully saturated rings. The smallest absolute Gasteiger partial charge is 0.277 e. The lowest BCUT2D eigenvalue weighted by Crippen LogP contribution is -2.00. The van der Waals surface area contributed by atoms with Crippen molar-refractivity contribution in [2.45, 2.75) is 12.4 Å². The van der Waals surface area contributed by atoms with Gasteiger partial charge in [0.05, 0.1) is 5.88 Å². The lowest BCUT2D eigenvalue weighted by molar-refractivity contribution is 0.0677. The highest BCUT2D eigenvalue weighted by Crippen LogP contribution is 2.13. The van der Waals surface area contributed by atoms with Crippen molar-refractivity contribution in [3.8, 4) is 0 Å². The second-order valence-corrected chi connectivity index (χ2v) is 1.93. The molecule has 1 heterocycles. The topological polar surface area (TPSA) is 17.8 Å². The van der Waals surface area contributed by atoms with Gasteiger partial charge in [-0.3, -0.25) is 4.57 Å². The van der Waals surface area contributed by atoms with Gasteiger partial charge in [-0.1, -0.05) is 0 Å². The number of aromatic nitrogens is 2. The number of nitrogens with zero attached hydrogens (tertiary/aromatic N) is 2. The minimum absolute atomic E-state index is 0.0113. The molecular formula is C5H5ClF2N2. The first kappa shape index (κ1) is 7.47. The molecule has 0 radical (unpaired) electrons. The van der Waals surface area contributed by atoms with E-state index < -0.39 is 6.55 Å². The number of imidazole rings is 1. The van der Waals surface area contributed by atoms with Gasteiger partial charge in [0.25, 0.3) is 0 Å². The molecule has 0 saturated heterocycles. The summed E-state index contributed by atoms with van der Waals surface area (Å²) < 4.78 is 24.6. The molecule has 0 aliphatic heterocycles. The van der Waals surface area contributed by atoms with Crippen molar-refractivity contribution in [1.29, 1.82) is 0 Å². The SMILES string of the molecule is FC(F)n1ccnc1CCl. The molecule has 0 unspecified atom stereocenters. The summed E-state index contributed by atoms with van der Waals surface area (Å²) in [6, 6.07) is 0. The highest BCUT2D eigenvalue weighted by molar-refractivity contribution is 6.16. The number of hydrogen-bond donors (Lipinski definition) is 0. The summed E-state index contributed by atoms with van der Waals surface area (Å²) in [5.41, 5.74) is 0. The van der Waals surface area contributed by atoms with E-state index >= 15 is 0 Å². The molecular weight excluding hydrogens is 162 g/mol. The fourth-order valence-corrected chi connectivity index (χ4v) is 0.832. The molecule has 0 aliphatic carbocycles. The predicted octanol–water partition coefficient (Wildman–Crippen LogP) is 2.02. The number of halogens is 3. The van der Waals surface area contributed by atoms with E-state index in [0.717, 1.165) is 4.57 Å². The van der Waals surface area contributed by atoms with Crippen LogP contribution in [0.5, 0.6) is 0 Å². The van der Waals surface area contributed by atoms with Crippen LogP contribution >= 0.6 is 11.6 Å². The fourth-order valence-electron chi connectivity index (χ4n) is 0.625. The Morgan fingerprint density at radius 2 is 2.40 bits per heavy atom. The number of rotatable bonds is 2. The molecule has 0 aromatic carbocycles. The van der Waals surface area contributed by atoms with Crippen LogP contribution in [-0.2, 0) is 5.88 Å². The Balaban J connectivity index is 2.90. The predicted molar refractivity (Wildman–Crippen MR) is 33.0 cm³/mol. The van der Waals surface area contributed by atoms with Crippen LogP contribution in [0.2, 0.25) is 0 Å². The Labute approximate surface area is 61.4 Å². The van der Waals surface area contributed by atoms with Gasteiger partial charge < -0.3 is 0 Å². The van der Waals surface area contributed by atoms with Crippen molar-refractivity contribution in [3.63, 3.8) is 0 Å². The Morgan fingerprint density at radius 1 is 1.70 bits per heavy atom. The van der Waals surface area contributed by atoms with Gasteiger partial charge in [0.15, 0.2) is 0 Å². The minimum Gasteiger partial charge on any atom is -0.277 e. The Hall–Kier alpha value is -0.640. The molecule has 0 atom stereocenters. The molecule has 10 heavy (non-hydrogen) atoms. The summed E-state index contributed by atoms with van der Waals surface area (Å²) in [5.74, 6) is 0.203. The van der Waals surface area contributed by atoms with Crippen molar-refractivity contribution in [3.05, 3.63) is 18.2 Å². The van der Waals surface area contributed by atoms with Crippen molar-refractivity contribution >= 4 is 11.6 Å². The standard InChI is InChI=1S/C5H5ClF2N2/c6-3-4-9-1-2-10(4)5(7)8/h1-2,5H,3H2. The molecule has 0 spiro atoms. The molecule has 0 bridgehead atoms. The lowest BCUT2D eigenvalue weighted by Gasteiger charge is -2.01. The maximum atomic E-state index is 11.9. The Morgan fingerprint density at radius 3 is 2.80 bits per heavy atom. The van der Waals surface area contributed by atoms with Crippen LogP contribution in [-0.4, -0.2) is 9.55 Å². The first-order valence-corrected chi connectivity index (χ1v) is 3.15. The van der Waals surface area contributed by atoms with E-state index in [-0.39, 0.29) is 11.7 Å². The zero-order valence-electron chi connectivity index (χ0n) is 4.97. The third kappa shape index (κ3) is 1.26. The van der Waals surface area contributed by atoms with Crippen molar-refractivity contribution in [2.75, 3.05) is 0 Å². The first-order chi connectivity index (χ1) is 4.75. The molecule has 0 amide bonds. The van der Waals surface area contributed by atoms with Gasteiger partial charge in [0, 0.05) is 12.4 Å². The molecule has 2 nitrogen and oxygen atoms in total. The van der Waals surface area contributed by atoms with Crippen LogP contribution in [0.15, 0.2) is 12.4 Å². The van der Waals surface area contributed by atoms with E-state index in [1.165, 1.54) is 12.4 Å². The monoisotopic (exact) mass is 166 g/mol. The molecule has 0 aliphatic rings.